The minimum absolute atomic E-state index is 0.0235. The van der Waals surface area contributed by atoms with Gasteiger partial charge in [0, 0.05) is 17.8 Å². The van der Waals surface area contributed by atoms with Crippen molar-refractivity contribution in [2.75, 3.05) is 7.11 Å². The fourth-order valence-corrected chi connectivity index (χ4v) is 2.93. The molecule has 0 aliphatic rings. The first-order valence-corrected chi connectivity index (χ1v) is 9.33. The van der Waals surface area contributed by atoms with Crippen LogP contribution in [-0.2, 0) is 17.9 Å². The van der Waals surface area contributed by atoms with Crippen molar-refractivity contribution >= 4 is 21.9 Å². The average Bonchev–Trinajstić information content (AvgIpc) is 2.73. The van der Waals surface area contributed by atoms with Crippen molar-refractivity contribution in [3.63, 3.8) is 0 Å². The lowest BCUT2D eigenvalue weighted by Crippen LogP contribution is -2.26. The summed E-state index contributed by atoms with van der Waals surface area (Å²) < 4.78 is 38.2. The molecule has 0 aliphatic carbocycles. The zero-order chi connectivity index (χ0) is 21.8. The van der Waals surface area contributed by atoms with Crippen LogP contribution < -0.4 is 10.3 Å². The van der Waals surface area contributed by atoms with Crippen molar-refractivity contribution in [3.8, 4) is 5.88 Å². The fraction of sp³-hybridized carbons (Fsp3) is 0.211. The van der Waals surface area contributed by atoms with Crippen LogP contribution in [0.4, 0.5) is 8.78 Å². The second-order valence-electron chi connectivity index (χ2n) is 6.06. The summed E-state index contributed by atoms with van der Waals surface area (Å²) in [6.45, 7) is 1.37. The summed E-state index contributed by atoms with van der Waals surface area (Å²) in [5, 5.41) is 0. The van der Waals surface area contributed by atoms with E-state index in [9.17, 15) is 18.4 Å². The summed E-state index contributed by atoms with van der Waals surface area (Å²) >= 11 is 3.15. The van der Waals surface area contributed by atoms with Crippen LogP contribution in [0.5, 0.6) is 5.88 Å². The number of carbonyl (C=O) groups excluding carboxylic acids is 1. The number of ether oxygens (including phenoxy) is 2. The highest BCUT2D eigenvalue weighted by atomic mass is 79.9. The normalized spacial score (nSPS) is 10.7. The molecule has 0 saturated carbocycles. The number of hydrogen-bond acceptors (Lipinski definition) is 7. The van der Waals surface area contributed by atoms with E-state index in [-0.39, 0.29) is 34.9 Å². The van der Waals surface area contributed by atoms with E-state index in [1.165, 1.54) is 23.9 Å². The second kappa shape index (κ2) is 9.08. The smallest absolute Gasteiger partial charge is 0.376 e. The van der Waals surface area contributed by atoms with Gasteiger partial charge in [0.2, 0.25) is 11.7 Å². The third-order valence-electron chi connectivity index (χ3n) is 4.06. The van der Waals surface area contributed by atoms with Gasteiger partial charge in [0.15, 0.2) is 0 Å². The predicted octanol–water partition coefficient (Wildman–Crippen LogP) is 2.80. The summed E-state index contributed by atoms with van der Waals surface area (Å²) in [5.74, 6) is -2.02. The van der Waals surface area contributed by atoms with E-state index in [1.807, 2.05) is 0 Å². The first-order chi connectivity index (χ1) is 14.3. The quantitative estimate of drug-likeness (QED) is 0.500. The molecule has 0 saturated heterocycles. The van der Waals surface area contributed by atoms with Gasteiger partial charge in [0.25, 0.3) is 5.56 Å². The molecule has 0 spiro atoms. The molecule has 8 nitrogen and oxygen atoms in total. The Kier molecular flexibility index (Phi) is 6.50. The first-order valence-electron chi connectivity index (χ1n) is 8.54. The third kappa shape index (κ3) is 4.67. The van der Waals surface area contributed by atoms with Crippen LogP contribution in [0.15, 0.2) is 39.7 Å². The SMILES string of the molecule is COC(=O)c1nccc(Cn2c(C)nc(OCc3ccc(F)cc3F)c(Br)c2=O)n1. The minimum atomic E-state index is -0.763. The molecule has 30 heavy (non-hydrogen) atoms. The lowest BCUT2D eigenvalue weighted by atomic mass is 10.2. The Bertz CT molecular complexity index is 1170. The maximum Gasteiger partial charge on any atom is 0.376 e. The Morgan fingerprint density at radius 2 is 2.00 bits per heavy atom. The van der Waals surface area contributed by atoms with Crippen LogP contribution in [0.3, 0.4) is 0 Å². The van der Waals surface area contributed by atoms with Crippen molar-refractivity contribution in [3.05, 3.63) is 79.8 Å². The maximum absolute atomic E-state index is 13.8. The molecule has 2 heterocycles. The summed E-state index contributed by atoms with van der Waals surface area (Å²) in [5.41, 5.74) is 0.0462. The molecule has 0 aliphatic heterocycles. The van der Waals surface area contributed by atoms with E-state index in [1.54, 1.807) is 13.0 Å². The van der Waals surface area contributed by atoms with Gasteiger partial charge in [-0.15, -0.1) is 0 Å². The number of aryl methyl sites for hydroxylation is 1. The Hall–Kier alpha value is -3.21. The maximum atomic E-state index is 13.8. The van der Waals surface area contributed by atoms with Crippen LogP contribution in [0.25, 0.3) is 0 Å². The monoisotopic (exact) mass is 480 g/mol. The van der Waals surface area contributed by atoms with E-state index < -0.39 is 23.2 Å². The zero-order valence-electron chi connectivity index (χ0n) is 15.9. The average molecular weight is 481 g/mol. The van der Waals surface area contributed by atoms with E-state index in [0.29, 0.717) is 11.5 Å². The van der Waals surface area contributed by atoms with Gasteiger partial charge >= 0.3 is 5.97 Å². The highest BCUT2D eigenvalue weighted by Gasteiger charge is 2.17. The first kappa shape index (κ1) is 21.5. The van der Waals surface area contributed by atoms with Crippen molar-refractivity contribution in [1.29, 1.82) is 0 Å². The van der Waals surface area contributed by atoms with Gasteiger partial charge in [-0.25, -0.2) is 23.5 Å². The number of methoxy groups -OCH3 is 1. The van der Waals surface area contributed by atoms with E-state index in [2.05, 4.69) is 35.6 Å². The standard InChI is InChI=1S/C19H15BrF2N4O4/c1-10-24-17(30-9-11-3-4-12(21)7-14(11)22)15(20)18(27)26(10)8-13-5-6-23-16(25-13)19(28)29-2/h3-7H,8-9H2,1-2H3. The van der Waals surface area contributed by atoms with Crippen molar-refractivity contribution in [1.82, 2.24) is 19.5 Å². The van der Waals surface area contributed by atoms with Crippen molar-refractivity contribution in [2.45, 2.75) is 20.1 Å². The van der Waals surface area contributed by atoms with Crippen LogP contribution >= 0.6 is 15.9 Å². The van der Waals surface area contributed by atoms with E-state index >= 15 is 0 Å². The zero-order valence-corrected chi connectivity index (χ0v) is 17.4. The van der Waals surface area contributed by atoms with Gasteiger partial charge < -0.3 is 9.47 Å². The van der Waals surface area contributed by atoms with Crippen molar-refractivity contribution < 1.29 is 23.0 Å². The second-order valence-corrected chi connectivity index (χ2v) is 6.85. The lowest BCUT2D eigenvalue weighted by molar-refractivity contribution is 0.0586. The molecule has 156 valence electrons. The van der Waals surface area contributed by atoms with E-state index in [0.717, 1.165) is 12.1 Å². The Morgan fingerprint density at radius 1 is 1.23 bits per heavy atom. The Labute approximate surface area is 177 Å². The summed E-state index contributed by atoms with van der Waals surface area (Å²) in [6, 6.07) is 4.65. The van der Waals surface area contributed by atoms with Crippen LogP contribution in [0.1, 0.15) is 27.7 Å². The van der Waals surface area contributed by atoms with Crippen LogP contribution in [-0.4, -0.2) is 32.6 Å². The highest BCUT2D eigenvalue weighted by Crippen LogP contribution is 2.21. The number of esters is 1. The number of halogens is 3. The Morgan fingerprint density at radius 3 is 2.70 bits per heavy atom. The number of benzene rings is 1. The predicted molar refractivity (Wildman–Crippen MR) is 104 cm³/mol. The summed E-state index contributed by atoms with van der Waals surface area (Å²) in [7, 11) is 1.21. The molecule has 3 rings (SSSR count). The molecule has 0 amide bonds. The fourth-order valence-electron chi connectivity index (χ4n) is 2.52. The number of rotatable bonds is 6. The lowest BCUT2D eigenvalue weighted by Gasteiger charge is -2.13. The molecular formula is C19H15BrF2N4O4. The van der Waals surface area contributed by atoms with E-state index in [4.69, 9.17) is 4.74 Å². The van der Waals surface area contributed by atoms with Crippen LogP contribution in [0.2, 0.25) is 0 Å². The number of aromatic nitrogens is 4. The van der Waals surface area contributed by atoms with Crippen LogP contribution in [0, 0.1) is 18.6 Å². The Balaban J connectivity index is 1.84. The van der Waals surface area contributed by atoms with Gasteiger partial charge in [-0.2, -0.15) is 4.98 Å². The largest absolute Gasteiger partial charge is 0.472 e. The molecule has 3 aromatic rings. The van der Waals surface area contributed by atoms with Gasteiger partial charge in [-0.05, 0) is 41.1 Å². The molecule has 0 bridgehead atoms. The number of hydrogen-bond donors (Lipinski definition) is 0. The molecular weight excluding hydrogens is 466 g/mol. The molecule has 0 fully saturated rings. The van der Waals surface area contributed by atoms with Gasteiger partial charge in [0.1, 0.15) is 28.5 Å². The van der Waals surface area contributed by atoms with Crippen molar-refractivity contribution in [2.24, 2.45) is 0 Å². The molecule has 1 aromatic carbocycles. The topological polar surface area (TPSA) is 96.2 Å². The van der Waals surface area contributed by atoms with Gasteiger partial charge in [0.05, 0.1) is 19.3 Å². The molecule has 0 N–H and O–H groups in total. The molecule has 11 heteroatoms. The summed E-state index contributed by atoms with van der Waals surface area (Å²) in [4.78, 5) is 36.5. The molecule has 0 atom stereocenters. The van der Waals surface area contributed by atoms with Gasteiger partial charge in [-0.1, -0.05) is 0 Å². The highest BCUT2D eigenvalue weighted by molar-refractivity contribution is 9.10. The molecule has 2 aromatic heterocycles. The third-order valence-corrected chi connectivity index (χ3v) is 4.73. The molecule has 0 radical (unpaired) electrons. The molecule has 0 unspecified atom stereocenters. The minimum Gasteiger partial charge on any atom is -0.472 e. The number of nitrogens with zero attached hydrogens (tertiary/aromatic N) is 4. The van der Waals surface area contributed by atoms with Gasteiger partial charge in [-0.3, -0.25) is 9.36 Å². The summed E-state index contributed by atoms with van der Waals surface area (Å²) in [6.07, 6.45) is 1.38. The number of carbonyl (C=O) groups is 1.